The van der Waals surface area contributed by atoms with E-state index in [9.17, 15) is 9.59 Å². The highest BCUT2D eigenvalue weighted by Gasteiger charge is 2.35. The van der Waals surface area contributed by atoms with Crippen molar-refractivity contribution in [3.8, 4) is 0 Å². The first-order chi connectivity index (χ1) is 12.6. The molecule has 1 aliphatic rings. The van der Waals surface area contributed by atoms with Gasteiger partial charge in [-0.15, -0.1) is 0 Å². The molecule has 1 aromatic heterocycles. The minimum absolute atomic E-state index is 0.108. The van der Waals surface area contributed by atoms with Gasteiger partial charge >= 0.3 is 0 Å². The first-order valence-electron chi connectivity index (χ1n) is 9.01. The summed E-state index contributed by atoms with van der Waals surface area (Å²) in [6, 6.07) is 18.4. The molecular weight excluding hydrogens is 326 g/mol. The second-order valence-corrected chi connectivity index (χ2v) is 6.97. The molecule has 1 unspecified atom stereocenters. The molecule has 2 aromatic carbocycles. The van der Waals surface area contributed by atoms with Gasteiger partial charge in [0.15, 0.2) is 11.2 Å². The molecule has 1 saturated carbocycles. The van der Waals surface area contributed by atoms with Gasteiger partial charge in [0.05, 0.1) is 5.39 Å². The lowest BCUT2D eigenvalue weighted by atomic mass is 10.1. The second kappa shape index (κ2) is 6.79. The Morgan fingerprint density at radius 2 is 1.81 bits per heavy atom. The maximum atomic E-state index is 13.2. The number of hydrogen-bond acceptors (Lipinski definition) is 3. The zero-order valence-corrected chi connectivity index (χ0v) is 14.7. The van der Waals surface area contributed by atoms with Gasteiger partial charge in [-0.3, -0.25) is 9.59 Å². The molecule has 1 amide bonds. The molecule has 0 aliphatic heterocycles. The van der Waals surface area contributed by atoms with Gasteiger partial charge in [0.2, 0.25) is 0 Å². The lowest BCUT2D eigenvalue weighted by Gasteiger charge is -2.29. The normalized spacial score (nSPS) is 15.0. The van der Waals surface area contributed by atoms with Gasteiger partial charge in [-0.2, -0.15) is 0 Å². The fourth-order valence-electron chi connectivity index (χ4n) is 3.36. The highest BCUT2D eigenvalue weighted by Crippen LogP contribution is 2.36. The fraction of sp³-hybridized carbons (Fsp3) is 0.273. The van der Waals surface area contributed by atoms with Crippen molar-refractivity contribution in [1.82, 2.24) is 4.90 Å². The molecular formula is C22H21NO3. The molecule has 0 spiro atoms. The Hall–Kier alpha value is -2.88. The topological polar surface area (TPSA) is 50.5 Å². The van der Waals surface area contributed by atoms with Crippen LogP contribution >= 0.6 is 0 Å². The third-order valence-corrected chi connectivity index (χ3v) is 5.10. The summed E-state index contributed by atoms with van der Waals surface area (Å²) >= 11 is 0. The van der Waals surface area contributed by atoms with Gasteiger partial charge in [-0.25, -0.2) is 0 Å². The van der Waals surface area contributed by atoms with Crippen molar-refractivity contribution in [2.24, 2.45) is 5.92 Å². The van der Waals surface area contributed by atoms with Crippen molar-refractivity contribution >= 4 is 16.9 Å². The van der Waals surface area contributed by atoms with Crippen LogP contribution in [-0.4, -0.2) is 16.8 Å². The zero-order chi connectivity index (χ0) is 18.1. The molecule has 4 heteroatoms. The summed E-state index contributed by atoms with van der Waals surface area (Å²) in [7, 11) is 0. The molecule has 0 bridgehead atoms. The monoisotopic (exact) mass is 347 g/mol. The van der Waals surface area contributed by atoms with E-state index in [1.165, 1.54) is 6.07 Å². The van der Waals surface area contributed by atoms with Crippen LogP contribution in [0.25, 0.3) is 11.0 Å². The Morgan fingerprint density at radius 3 is 2.54 bits per heavy atom. The Balaban J connectivity index is 1.70. The van der Waals surface area contributed by atoms with Crippen LogP contribution in [-0.2, 0) is 6.54 Å². The lowest BCUT2D eigenvalue weighted by Crippen LogP contribution is -2.39. The number of benzene rings is 2. The van der Waals surface area contributed by atoms with Gasteiger partial charge in [0.1, 0.15) is 5.58 Å². The maximum absolute atomic E-state index is 13.2. The molecule has 0 saturated heterocycles. The Bertz CT molecular complexity index is 989. The van der Waals surface area contributed by atoms with Crippen LogP contribution < -0.4 is 5.43 Å². The smallest absolute Gasteiger partial charge is 0.290 e. The molecule has 1 aliphatic carbocycles. The third-order valence-electron chi connectivity index (χ3n) is 5.10. The highest BCUT2D eigenvalue weighted by atomic mass is 16.3. The number of fused-ring (bicyclic) bond motifs is 1. The average Bonchev–Trinajstić information content (AvgIpc) is 3.51. The van der Waals surface area contributed by atoms with E-state index in [0.29, 0.717) is 23.4 Å². The molecule has 4 nitrogen and oxygen atoms in total. The van der Waals surface area contributed by atoms with Crippen LogP contribution in [0.15, 0.2) is 69.9 Å². The van der Waals surface area contributed by atoms with Crippen molar-refractivity contribution in [1.29, 1.82) is 0 Å². The molecule has 0 N–H and O–H groups in total. The number of nitrogens with zero attached hydrogens (tertiary/aromatic N) is 1. The highest BCUT2D eigenvalue weighted by molar-refractivity contribution is 5.93. The SMILES string of the molecule is CC(C1CC1)N(Cc1ccccc1)C(=O)c1cc(=O)c2ccccc2o1. The molecule has 3 aromatic rings. The molecule has 4 rings (SSSR count). The summed E-state index contributed by atoms with van der Waals surface area (Å²) in [4.78, 5) is 27.4. The lowest BCUT2D eigenvalue weighted by molar-refractivity contribution is 0.0622. The van der Waals surface area contributed by atoms with Crippen LogP contribution in [0.3, 0.4) is 0 Å². The van der Waals surface area contributed by atoms with Crippen molar-refractivity contribution in [2.45, 2.75) is 32.4 Å². The molecule has 1 heterocycles. The molecule has 132 valence electrons. The third kappa shape index (κ3) is 3.27. The summed E-state index contributed by atoms with van der Waals surface area (Å²) < 4.78 is 5.78. The van der Waals surface area contributed by atoms with E-state index in [1.807, 2.05) is 35.2 Å². The number of rotatable bonds is 5. The van der Waals surface area contributed by atoms with E-state index in [-0.39, 0.29) is 23.1 Å². The number of hydrogen-bond donors (Lipinski definition) is 0. The standard InChI is InChI=1S/C22H21NO3/c1-15(17-11-12-17)23(14-16-7-3-2-4-8-16)22(25)21-13-19(24)18-9-5-6-10-20(18)26-21/h2-10,13,15,17H,11-12,14H2,1H3. The van der Waals surface area contributed by atoms with Gasteiger partial charge in [0.25, 0.3) is 5.91 Å². The van der Waals surface area contributed by atoms with E-state index >= 15 is 0 Å². The van der Waals surface area contributed by atoms with E-state index < -0.39 is 0 Å². The second-order valence-electron chi connectivity index (χ2n) is 6.97. The molecule has 1 atom stereocenters. The number of para-hydroxylation sites is 1. The van der Waals surface area contributed by atoms with Gasteiger partial charge < -0.3 is 9.32 Å². The predicted octanol–water partition coefficient (Wildman–Crippen LogP) is 4.23. The quantitative estimate of drug-likeness (QED) is 0.694. The van der Waals surface area contributed by atoms with Gasteiger partial charge in [0, 0.05) is 18.7 Å². The van der Waals surface area contributed by atoms with E-state index in [4.69, 9.17) is 4.42 Å². The van der Waals surface area contributed by atoms with E-state index in [2.05, 4.69) is 6.92 Å². The van der Waals surface area contributed by atoms with Crippen molar-refractivity contribution in [2.75, 3.05) is 0 Å². The zero-order valence-electron chi connectivity index (χ0n) is 14.7. The summed E-state index contributed by atoms with van der Waals surface area (Å²) in [6.07, 6.45) is 2.28. The average molecular weight is 347 g/mol. The largest absolute Gasteiger partial charge is 0.451 e. The molecule has 0 radical (unpaired) electrons. The minimum atomic E-state index is -0.226. The first kappa shape index (κ1) is 16.6. The fourth-order valence-corrected chi connectivity index (χ4v) is 3.36. The molecule has 26 heavy (non-hydrogen) atoms. The van der Waals surface area contributed by atoms with Crippen LogP contribution in [0, 0.1) is 5.92 Å². The van der Waals surface area contributed by atoms with Gasteiger partial charge in [-0.1, -0.05) is 42.5 Å². The van der Waals surface area contributed by atoms with E-state index in [0.717, 1.165) is 18.4 Å². The maximum Gasteiger partial charge on any atom is 0.290 e. The first-order valence-corrected chi connectivity index (χ1v) is 9.01. The van der Waals surface area contributed by atoms with Crippen molar-refractivity contribution < 1.29 is 9.21 Å². The van der Waals surface area contributed by atoms with Crippen LogP contribution in [0.2, 0.25) is 0 Å². The van der Waals surface area contributed by atoms with Crippen molar-refractivity contribution in [3.63, 3.8) is 0 Å². The summed E-state index contributed by atoms with van der Waals surface area (Å²) in [5.41, 5.74) is 1.33. The Morgan fingerprint density at radius 1 is 1.12 bits per heavy atom. The van der Waals surface area contributed by atoms with E-state index in [1.54, 1.807) is 24.3 Å². The molecule has 1 fully saturated rings. The van der Waals surface area contributed by atoms with Crippen molar-refractivity contribution in [3.05, 3.63) is 82.2 Å². The minimum Gasteiger partial charge on any atom is -0.451 e. The predicted molar refractivity (Wildman–Crippen MR) is 101 cm³/mol. The number of carbonyl (C=O) groups excluding carboxylic acids is 1. The van der Waals surface area contributed by atoms with Gasteiger partial charge in [-0.05, 0) is 43.4 Å². The number of amides is 1. The Labute approximate surface area is 152 Å². The van der Waals surface area contributed by atoms with Crippen LogP contribution in [0.5, 0.6) is 0 Å². The summed E-state index contributed by atoms with van der Waals surface area (Å²) in [5, 5.41) is 0.494. The Kier molecular flexibility index (Phi) is 4.33. The van der Waals surface area contributed by atoms with Crippen LogP contribution in [0.1, 0.15) is 35.9 Å². The summed E-state index contributed by atoms with van der Waals surface area (Å²) in [6.45, 7) is 2.59. The number of carbonyl (C=O) groups is 1. The van der Waals surface area contributed by atoms with Crippen LogP contribution in [0.4, 0.5) is 0 Å². The summed E-state index contributed by atoms with van der Waals surface area (Å²) in [5.74, 6) is 0.406.